The van der Waals surface area contributed by atoms with Crippen LogP contribution in [0.4, 0.5) is 0 Å². The summed E-state index contributed by atoms with van der Waals surface area (Å²) in [5, 5.41) is 0.626. The summed E-state index contributed by atoms with van der Waals surface area (Å²) in [5.74, 6) is 1.43. The number of thioether (sulfide) groups is 1. The van der Waals surface area contributed by atoms with Crippen molar-refractivity contribution in [1.29, 1.82) is 0 Å². The molecule has 2 nitrogen and oxygen atoms in total. The van der Waals surface area contributed by atoms with Gasteiger partial charge in [0.1, 0.15) is 0 Å². The van der Waals surface area contributed by atoms with Crippen LogP contribution in [-0.4, -0.2) is 40.8 Å². The van der Waals surface area contributed by atoms with Gasteiger partial charge in [-0.15, -0.1) is 11.3 Å². The largest absolute Gasteiger partial charge is 0.292 e. The average Bonchev–Trinajstić information content (AvgIpc) is 2.83. The van der Waals surface area contributed by atoms with Crippen LogP contribution in [0.5, 0.6) is 0 Å². The molecule has 2 heterocycles. The first-order valence-electron chi connectivity index (χ1n) is 6.59. The van der Waals surface area contributed by atoms with Gasteiger partial charge in [-0.05, 0) is 25.5 Å². The Morgan fingerprint density at radius 1 is 1.44 bits per heavy atom. The molecular weight excluding hydrogens is 262 g/mol. The van der Waals surface area contributed by atoms with Crippen molar-refractivity contribution in [2.75, 3.05) is 18.8 Å². The van der Waals surface area contributed by atoms with E-state index in [2.05, 4.69) is 31.7 Å². The van der Waals surface area contributed by atoms with Gasteiger partial charge in [-0.3, -0.25) is 9.69 Å². The molecule has 0 N–H and O–H groups in total. The summed E-state index contributed by atoms with van der Waals surface area (Å²) in [6, 6.07) is 4.56. The molecule has 1 aliphatic heterocycles. The van der Waals surface area contributed by atoms with Crippen LogP contribution < -0.4 is 0 Å². The fraction of sp³-hybridized carbons (Fsp3) is 0.643. The zero-order valence-corrected chi connectivity index (χ0v) is 12.9. The molecule has 2 atom stereocenters. The normalized spacial score (nSPS) is 25.3. The Kier molecular flexibility index (Phi) is 4.87. The number of aryl methyl sites for hydroxylation is 1. The summed E-state index contributed by atoms with van der Waals surface area (Å²) in [6.07, 6.45) is 1.02. The molecule has 0 amide bonds. The van der Waals surface area contributed by atoms with Crippen LogP contribution in [0.3, 0.4) is 0 Å². The van der Waals surface area contributed by atoms with Crippen LogP contribution in [-0.2, 0) is 6.42 Å². The summed E-state index contributed by atoms with van der Waals surface area (Å²) in [7, 11) is 0. The second-order valence-electron chi connectivity index (χ2n) is 4.83. The standard InChI is InChI=1S/C14H21NOS2/c1-4-12-5-6-14(18-12)13(16)9-15-7-8-17-11(3)10(15)2/h5-6,10-11H,4,7-9H2,1-3H3. The predicted molar refractivity (Wildman–Crippen MR) is 81.0 cm³/mol. The highest BCUT2D eigenvalue weighted by Gasteiger charge is 2.27. The van der Waals surface area contributed by atoms with Crippen molar-refractivity contribution in [2.24, 2.45) is 0 Å². The molecule has 1 aliphatic rings. The number of thiophene rings is 1. The van der Waals surface area contributed by atoms with E-state index in [9.17, 15) is 4.79 Å². The summed E-state index contributed by atoms with van der Waals surface area (Å²) in [5.41, 5.74) is 0. The number of carbonyl (C=O) groups is 1. The van der Waals surface area contributed by atoms with Crippen LogP contribution in [0.15, 0.2) is 12.1 Å². The van der Waals surface area contributed by atoms with Gasteiger partial charge < -0.3 is 0 Å². The van der Waals surface area contributed by atoms with Gasteiger partial charge in [0.05, 0.1) is 11.4 Å². The van der Waals surface area contributed by atoms with Gasteiger partial charge in [0.15, 0.2) is 5.78 Å². The zero-order chi connectivity index (χ0) is 13.1. The first-order chi connectivity index (χ1) is 8.61. The zero-order valence-electron chi connectivity index (χ0n) is 11.3. The Labute approximate surface area is 118 Å². The Bertz CT molecular complexity index is 416. The molecule has 0 bridgehead atoms. The van der Waals surface area contributed by atoms with Crippen LogP contribution in [0.25, 0.3) is 0 Å². The predicted octanol–water partition coefficient (Wildman–Crippen LogP) is 3.32. The smallest absolute Gasteiger partial charge is 0.186 e. The van der Waals surface area contributed by atoms with Crippen LogP contribution >= 0.6 is 23.1 Å². The maximum atomic E-state index is 12.3. The molecular formula is C14H21NOS2. The Morgan fingerprint density at radius 3 is 2.89 bits per heavy atom. The molecule has 1 fully saturated rings. The number of Topliss-reactive ketones (excluding diaryl/α,β-unsaturated/α-hetero) is 1. The quantitative estimate of drug-likeness (QED) is 0.791. The molecule has 4 heteroatoms. The molecule has 1 aromatic rings. The van der Waals surface area contributed by atoms with Gasteiger partial charge in [0.25, 0.3) is 0 Å². The summed E-state index contributed by atoms with van der Waals surface area (Å²) < 4.78 is 0. The molecule has 0 radical (unpaired) electrons. The first kappa shape index (κ1) is 14.1. The lowest BCUT2D eigenvalue weighted by Gasteiger charge is -2.36. The van der Waals surface area contributed by atoms with Crippen molar-refractivity contribution >= 4 is 28.9 Å². The van der Waals surface area contributed by atoms with E-state index in [1.165, 1.54) is 4.88 Å². The second-order valence-corrected chi connectivity index (χ2v) is 7.48. The molecule has 1 aromatic heterocycles. The average molecular weight is 283 g/mol. The number of hydrogen-bond donors (Lipinski definition) is 0. The molecule has 18 heavy (non-hydrogen) atoms. The van der Waals surface area contributed by atoms with Gasteiger partial charge in [-0.2, -0.15) is 11.8 Å². The highest BCUT2D eigenvalue weighted by atomic mass is 32.2. The number of nitrogens with zero attached hydrogens (tertiary/aromatic N) is 1. The Hall–Kier alpha value is -0.320. The van der Waals surface area contributed by atoms with Crippen LogP contribution in [0.1, 0.15) is 35.3 Å². The summed E-state index contributed by atoms with van der Waals surface area (Å²) in [6.45, 7) is 8.23. The summed E-state index contributed by atoms with van der Waals surface area (Å²) in [4.78, 5) is 16.8. The molecule has 1 saturated heterocycles. The minimum Gasteiger partial charge on any atom is -0.292 e. The van der Waals surface area contributed by atoms with E-state index in [1.807, 2.05) is 17.8 Å². The maximum Gasteiger partial charge on any atom is 0.186 e. The lowest BCUT2D eigenvalue weighted by molar-refractivity contribution is 0.0906. The molecule has 2 unspecified atom stereocenters. The number of rotatable bonds is 4. The number of ketones is 1. The fourth-order valence-corrected chi connectivity index (χ4v) is 4.24. The lowest BCUT2D eigenvalue weighted by atomic mass is 10.2. The van der Waals surface area contributed by atoms with Crippen molar-refractivity contribution in [1.82, 2.24) is 4.90 Å². The van der Waals surface area contributed by atoms with E-state index in [1.54, 1.807) is 11.3 Å². The molecule has 100 valence electrons. The third-order valence-electron chi connectivity index (χ3n) is 3.65. The fourth-order valence-electron chi connectivity index (χ4n) is 2.20. The minimum atomic E-state index is 0.283. The third-order valence-corrected chi connectivity index (χ3v) is 6.25. The van der Waals surface area contributed by atoms with Crippen molar-refractivity contribution in [3.63, 3.8) is 0 Å². The van der Waals surface area contributed by atoms with Crippen LogP contribution in [0, 0.1) is 0 Å². The highest BCUT2D eigenvalue weighted by molar-refractivity contribution is 8.00. The van der Waals surface area contributed by atoms with Crippen molar-refractivity contribution < 1.29 is 4.79 Å². The number of carbonyl (C=O) groups excluding carboxylic acids is 1. The number of hydrogen-bond acceptors (Lipinski definition) is 4. The van der Waals surface area contributed by atoms with Crippen molar-refractivity contribution in [3.05, 3.63) is 21.9 Å². The molecule has 0 saturated carbocycles. The van der Waals surface area contributed by atoms with Gasteiger partial charge >= 0.3 is 0 Å². The molecule has 2 rings (SSSR count). The van der Waals surface area contributed by atoms with E-state index in [-0.39, 0.29) is 5.78 Å². The second kappa shape index (κ2) is 6.22. The van der Waals surface area contributed by atoms with E-state index < -0.39 is 0 Å². The van der Waals surface area contributed by atoms with E-state index >= 15 is 0 Å². The van der Waals surface area contributed by atoms with Gasteiger partial charge in [-0.1, -0.05) is 13.8 Å². The van der Waals surface area contributed by atoms with Gasteiger partial charge in [0.2, 0.25) is 0 Å². The van der Waals surface area contributed by atoms with Gasteiger partial charge in [-0.25, -0.2) is 0 Å². The minimum absolute atomic E-state index is 0.283. The van der Waals surface area contributed by atoms with E-state index in [4.69, 9.17) is 0 Å². The molecule has 0 aromatic carbocycles. The van der Waals surface area contributed by atoms with Crippen LogP contribution in [0.2, 0.25) is 0 Å². The van der Waals surface area contributed by atoms with Crippen molar-refractivity contribution in [3.8, 4) is 0 Å². The third kappa shape index (κ3) is 3.16. The molecule has 0 aliphatic carbocycles. The van der Waals surface area contributed by atoms with Crippen molar-refractivity contribution in [2.45, 2.75) is 38.5 Å². The molecule has 0 spiro atoms. The first-order valence-corrected chi connectivity index (χ1v) is 8.46. The topological polar surface area (TPSA) is 20.3 Å². The van der Waals surface area contributed by atoms with Gasteiger partial charge in [0, 0.05) is 28.5 Å². The van der Waals surface area contributed by atoms with E-state index in [0.717, 1.165) is 23.6 Å². The summed E-state index contributed by atoms with van der Waals surface area (Å²) >= 11 is 3.66. The Balaban J connectivity index is 1.98. The lowest BCUT2D eigenvalue weighted by Crippen LogP contribution is -2.46. The Morgan fingerprint density at radius 2 is 2.22 bits per heavy atom. The van der Waals surface area contributed by atoms with E-state index in [0.29, 0.717) is 17.8 Å². The highest BCUT2D eigenvalue weighted by Crippen LogP contribution is 2.25. The SMILES string of the molecule is CCc1ccc(C(=O)CN2CCSC(C)C2C)s1. The monoisotopic (exact) mass is 283 g/mol. The maximum absolute atomic E-state index is 12.3.